The smallest absolute Gasteiger partial charge is 0.256 e. The molecule has 6 heteroatoms. The van der Waals surface area contributed by atoms with E-state index >= 15 is 0 Å². The van der Waals surface area contributed by atoms with Gasteiger partial charge < -0.3 is 4.90 Å². The minimum atomic E-state index is -0.107. The molecular formula is C20H18Cl2N2OS. The van der Waals surface area contributed by atoms with Crippen LogP contribution in [0.2, 0.25) is 10.2 Å². The largest absolute Gasteiger partial charge is 0.331 e. The number of aromatic nitrogens is 1. The van der Waals surface area contributed by atoms with E-state index in [0.717, 1.165) is 12.0 Å². The summed E-state index contributed by atoms with van der Waals surface area (Å²) in [4.78, 5) is 20.3. The fraction of sp³-hybridized carbons (Fsp3) is 0.200. The second kappa shape index (κ2) is 8.67. The van der Waals surface area contributed by atoms with Crippen LogP contribution in [-0.2, 0) is 13.0 Å². The molecule has 134 valence electrons. The molecule has 1 atom stereocenters. The molecule has 1 aromatic carbocycles. The number of carbonyl (C=O) groups excluding carboxylic acids is 1. The highest BCUT2D eigenvalue weighted by Gasteiger charge is 2.23. The average molecular weight is 405 g/mol. The third-order valence-corrected chi connectivity index (χ3v) is 5.69. The van der Waals surface area contributed by atoms with Crippen LogP contribution in [0.4, 0.5) is 0 Å². The summed E-state index contributed by atoms with van der Waals surface area (Å²) in [7, 11) is 0. The van der Waals surface area contributed by atoms with Gasteiger partial charge in [0.2, 0.25) is 0 Å². The van der Waals surface area contributed by atoms with Crippen LogP contribution in [0, 0.1) is 0 Å². The lowest BCUT2D eigenvalue weighted by Gasteiger charge is -2.29. The molecule has 3 nitrogen and oxygen atoms in total. The number of hydrogen-bond acceptors (Lipinski definition) is 3. The fourth-order valence-electron chi connectivity index (χ4n) is 2.74. The molecule has 0 aliphatic carbocycles. The van der Waals surface area contributed by atoms with Crippen LogP contribution in [-0.4, -0.2) is 21.8 Å². The van der Waals surface area contributed by atoms with Gasteiger partial charge in [-0.05, 0) is 30.0 Å². The van der Waals surface area contributed by atoms with E-state index in [2.05, 4.69) is 18.0 Å². The van der Waals surface area contributed by atoms with E-state index in [4.69, 9.17) is 23.2 Å². The maximum absolute atomic E-state index is 13.2. The van der Waals surface area contributed by atoms with Gasteiger partial charge in [0, 0.05) is 30.1 Å². The lowest BCUT2D eigenvalue weighted by Crippen LogP contribution is -2.39. The lowest BCUT2D eigenvalue weighted by atomic mass is 10.1. The molecule has 0 N–H and O–H groups in total. The van der Waals surface area contributed by atoms with Gasteiger partial charge in [-0.3, -0.25) is 4.79 Å². The van der Waals surface area contributed by atoms with Crippen molar-refractivity contribution in [3.63, 3.8) is 0 Å². The van der Waals surface area contributed by atoms with Gasteiger partial charge in [-0.25, -0.2) is 4.98 Å². The van der Waals surface area contributed by atoms with E-state index in [0.29, 0.717) is 12.1 Å². The van der Waals surface area contributed by atoms with Gasteiger partial charge >= 0.3 is 0 Å². The summed E-state index contributed by atoms with van der Waals surface area (Å²) in [5.41, 5.74) is 1.51. The van der Waals surface area contributed by atoms with Gasteiger partial charge in [-0.1, -0.05) is 59.6 Å². The first-order valence-corrected chi connectivity index (χ1v) is 9.86. The monoisotopic (exact) mass is 404 g/mol. The SMILES string of the molecule is C[C@@H](Cc1cccs1)N(Cc1ccccc1)C(=O)c1cnc(Cl)c(Cl)c1. The van der Waals surface area contributed by atoms with Crippen LogP contribution < -0.4 is 0 Å². The highest BCUT2D eigenvalue weighted by molar-refractivity contribution is 7.09. The molecule has 0 aliphatic heterocycles. The quantitative estimate of drug-likeness (QED) is 0.491. The van der Waals surface area contributed by atoms with Crippen molar-refractivity contribution >= 4 is 40.4 Å². The molecule has 0 saturated carbocycles. The van der Waals surface area contributed by atoms with Crippen LogP contribution in [0.3, 0.4) is 0 Å². The maximum Gasteiger partial charge on any atom is 0.256 e. The number of hydrogen-bond donors (Lipinski definition) is 0. The molecular weight excluding hydrogens is 387 g/mol. The lowest BCUT2D eigenvalue weighted by molar-refractivity contribution is 0.0675. The van der Waals surface area contributed by atoms with Crippen LogP contribution in [0.25, 0.3) is 0 Å². The number of benzene rings is 1. The Labute approximate surface area is 167 Å². The van der Waals surface area contributed by atoms with E-state index in [9.17, 15) is 4.79 Å². The molecule has 0 bridgehead atoms. The van der Waals surface area contributed by atoms with E-state index in [-0.39, 0.29) is 22.1 Å². The van der Waals surface area contributed by atoms with E-state index in [1.165, 1.54) is 11.1 Å². The molecule has 2 aromatic heterocycles. The second-order valence-corrected chi connectivity index (χ2v) is 7.85. The summed E-state index contributed by atoms with van der Waals surface area (Å²) in [6.45, 7) is 2.58. The summed E-state index contributed by atoms with van der Waals surface area (Å²) in [6.07, 6.45) is 2.28. The van der Waals surface area contributed by atoms with Crippen molar-refractivity contribution in [2.75, 3.05) is 0 Å². The molecule has 3 aromatic rings. The molecule has 2 heterocycles. The Morgan fingerprint density at radius 2 is 1.96 bits per heavy atom. The van der Waals surface area contributed by atoms with Crippen LogP contribution in [0.15, 0.2) is 60.1 Å². The first-order valence-electron chi connectivity index (χ1n) is 8.23. The zero-order valence-corrected chi connectivity index (χ0v) is 16.6. The predicted octanol–water partition coefficient (Wildman–Crippen LogP) is 5.72. The van der Waals surface area contributed by atoms with Crippen molar-refractivity contribution < 1.29 is 4.79 Å². The Morgan fingerprint density at radius 3 is 2.62 bits per heavy atom. The molecule has 0 aliphatic rings. The summed E-state index contributed by atoms with van der Waals surface area (Å²) >= 11 is 13.6. The van der Waals surface area contributed by atoms with Gasteiger partial charge in [-0.15, -0.1) is 11.3 Å². The second-order valence-electron chi connectivity index (χ2n) is 6.05. The summed E-state index contributed by atoms with van der Waals surface area (Å²) in [6, 6.07) is 15.7. The molecule has 26 heavy (non-hydrogen) atoms. The Balaban J connectivity index is 1.87. The van der Waals surface area contributed by atoms with Crippen molar-refractivity contribution in [3.8, 4) is 0 Å². The van der Waals surface area contributed by atoms with E-state index in [1.807, 2.05) is 46.7 Å². The Bertz CT molecular complexity index is 869. The Hall–Kier alpha value is -1.88. The van der Waals surface area contributed by atoms with Gasteiger partial charge in [0.05, 0.1) is 10.6 Å². The third-order valence-electron chi connectivity index (χ3n) is 4.11. The molecule has 1 amide bonds. The van der Waals surface area contributed by atoms with E-state index < -0.39 is 0 Å². The molecule has 3 rings (SSSR count). The normalized spacial score (nSPS) is 12.0. The highest BCUT2D eigenvalue weighted by atomic mass is 35.5. The average Bonchev–Trinajstić information content (AvgIpc) is 3.15. The first kappa shape index (κ1) is 18.9. The summed E-state index contributed by atoms with van der Waals surface area (Å²) in [5, 5.41) is 2.53. The van der Waals surface area contributed by atoms with E-state index in [1.54, 1.807) is 17.4 Å². The highest BCUT2D eigenvalue weighted by Crippen LogP contribution is 2.23. The van der Waals surface area contributed by atoms with Crippen molar-refractivity contribution in [1.29, 1.82) is 0 Å². The van der Waals surface area contributed by atoms with Crippen molar-refractivity contribution in [2.24, 2.45) is 0 Å². The van der Waals surface area contributed by atoms with Crippen molar-refractivity contribution in [1.82, 2.24) is 9.88 Å². The predicted molar refractivity (Wildman–Crippen MR) is 108 cm³/mol. The molecule has 0 unspecified atom stereocenters. The standard InChI is InChI=1S/C20H18Cl2N2OS/c1-14(10-17-8-5-9-26-17)24(13-15-6-3-2-4-7-15)20(25)16-11-18(21)19(22)23-12-16/h2-9,11-12,14H,10,13H2,1H3/t14-/m0/s1. The van der Waals surface area contributed by atoms with Crippen molar-refractivity contribution in [3.05, 3.63) is 86.3 Å². The Kier molecular flexibility index (Phi) is 6.30. The third kappa shape index (κ3) is 4.64. The zero-order valence-electron chi connectivity index (χ0n) is 14.2. The number of pyridine rings is 1. The zero-order chi connectivity index (χ0) is 18.5. The minimum Gasteiger partial charge on any atom is -0.331 e. The van der Waals surface area contributed by atoms with Crippen LogP contribution in [0.1, 0.15) is 27.7 Å². The minimum absolute atomic E-state index is 0.0239. The molecule has 0 radical (unpaired) electrons. The van der Waals surface area contributed by atoms with Crippen LogP contribution >= 0.6 is 34.5 Å². The molecule has 0 saturated heterocycles. The summed E-state index contributed by atoms with van der Waals surface area (Å²) < 4.78 is 0. The maximum atomic E-state index is 13.2. The van der Waals surface area contributed by atoms with Crippen molar-refractivity contribution in [2.45, 2.75) is 25.9 Å². The molecule has 0 spiro atoms. The Morgan fingerprint density at radius 1 is 1.19 bits per heavy atom. The fourth-order valence-corrected chi connectivity index (χ4v) is 3.84. The topological polar surface area (TPSA) is 33.2 Å². The van der Waals surface area contributed by atoms with Gasteiger partial charge in [0.25, 0.3) is 5.91 Å². The van der Waals surface area contributed by atoms with Gasteiger partial charge in [0.15, 0.2) is 0 Å². The number of rotatable bonds is 6. The number of carbonyl (C=O) groups is 1. The summed E-state index contributed by atoms with van der Waals surface area (Å²) in [5.74, 6) is -0.107. The van der Waals surface area contributed by atoms with Gasteiger partial charge in [0.1, 0.15) is 5.15 Å². The van der Waals surface area contributed by atoms with Crippen LogP contribution in [0.5, 0.6) is 0 Å². The number of nitrogens with zero attached hydrogens (tertiary/aromatic N) is 2. The molecule has 0 fully saturated rings. The number of thiophene rings is 1. The number of amides is 1. The number of halogens is 2. The first-order chi connectivity index (χ1) is 12.5. The van der Waals surface area contributed by atoms with Gasteiger partial charge in [-0.2, -0.15) is 0 Å².